The highest BCUT2D eigenvalue weighted by atomic mass is 19.1. The number of aromatic hydroxyl groups is 1. The van der Waals surface area contributed by atoms with E-state index in [9.17, 15) is 13.2 Å². The first-order valence-corrected chi connectivity index (χ1v) is 5.82. The van der Waals surface area contributed by atoms with Gasteiger partial charge in [-0.05, 0) is 24.3 Å². The lowest BCUT2D eigenvalue weighted by Crippen LogP contribution is -1.87. The van der Waals surface area contributed by atoms with Crippen LogP contribution in [-0.2, 0) is 0 Å². The largest absolute Gasteiger partial charge is 0.508 e. The van der Waals surface area contributed by atoms with Crippen molar-refractivity contribution in [3.05, 3.63) is 53.8 Å². The molecule has 0 aliphatic rings. The quantitative estimate of drug-likeness (QED) is 0.785. The third kappa shape index (κ3) is 2.58. The summed E-state index contributed by atoms with van der Waals surface area (Å²) in [5, 5.41) is 12.7. The summed E-state index contributed by atoms with van der Waals surface area (Å²) in [5.41, 5.74) is 0.0464. The molecule has 0 saturated carbocycles. The molecule has 7 heteroatoms. The van der Waals surface area contributed by atoms with Gasteiger partial charge in [-0.3, -0.25) is 0 Å². The van der Waals surface area contributed by atoms with E-state index in [4.69, 9.17) is 9.63 Å². The van der Waals surface area contributed by atoms with Gasteiger partial charge in [0.1, 0.15) is 23.2 Å². The summed E-state index contributed by atoms with van der Waals surface area (Å²) in [6, 6.07) is 6.18. The Bertz CT molecular complexity index is 797. The average molecular weight is 292 g/mol. The fourth-order valence-corrected chi connectivity index (χ4v) is 1.81. The first kappa shape index (κ1) is 13.2. The average Bonchev–Trinajstić information content (AvgIpc) is 2.87. The van der Waals surface area contributed by atoms with Gasteiger partial charge in [0.25, 0.3) is 5.89 Å². The van der Waals surface area contributed by atoms with Gasteiger partial charge in [-0.25, -0.2) is 13.2 Å². The van der Waals surface area contributed by atoms with E-state index in [0.29, 0.717) is 6.07 Å². The van der Waals surface area contributed by atoms with Crippen LogP contribution in [0, 0.1) is 17.5 Å². The molecular formula is C14H7F3N2O2. The van der Waals surface area contributed by atoms with E-state index in [-0.39, 0.29) is 28.6 Å². The lowest BCUT2D eigenvalue weighted by atomic mass is 10.2. The highest BCUT2D eigenvalue weighted by Crippen LogP contribution is 2.27. The molecule has 0 unspecified atom stereocenters. The van der Waals surface area contributed by atoms with Crippen molar-refractivity contribution >= 4 is 0 Å². The van der Waals surface area contributed by atoms with Gasteiger partial charge in [0, 0.05) is 17.7 Å². The molecule has 1 heterocycles. The summed E-state index contributed by atoms with van der Waals surface area (Å²) in [5.74, 6) is -2.80. The molecule has 0 spiro atoms. The molecule has 0 aliphatic carbocycles. The molecule has 4 nitrogen and oxygen atoms in total. The van der Waals surface area contributed by atoms with E-state index in [1.165, 1.54) is 12.1 Å². The van der Waals surface area contributed by atoms with E-state index in [0.717, 1.165) is 18.2 Å². The molecular weight excluding hydrogens is 285 g/mol. The number of hydrogen-bond donors (Lipinski definition) is 1. The van der Waals surface area contributed by atoms with Crippen LogP contribution >= 0.6 is 0 Å². The molecule has 0 fully saturated rings. The van der Waals surface area contributed by atoms with Gasteiger partial charge >= 0.3 is 0 Å². The Morgan fingerprint density at radius 3 is 2.33 bits per heavy atom. The van der Waals surface area contributed by atoms with Crippen LogP contribution in [0.2, 0.25) is 0 Å². The van der Waals surface area contributed by atoms with E-state index in [1.54, 1.807) is 0 Å². The van der Waals surface area contributed by atoms with Crippen LogP contribution in [-0.4, -0.2) is 15.2 Å². The predicted molar refractivity (Wildman–Crippen MR) is 66.7 cm³/mol. The zero-order valence-corrected chi connectivity index (χ0v) is 10.3. The van der Waals surface area contributed by atoms with E-state index >= 15 is 0 Å². The van der Waals surface area contributed by atoms with Crippen LogP contribution in [0.15, 0.2) is 40.9 Å². The van der Waals surface area contributed by atoms with Gasteiger partial charge < -0.3 is 9.63 Å². The summed E-state index contributed by atoms with van der Waals surface area (Å²) in [6.07, 6.45) is 0. The Hall–Kier alpha value is -2.83. The minimum atomic E-state index is -0.785. The molecule has 0 saturated heterocycles. The van der Waals surface area contributed by atoms with Gasteiger partial charge in [0.15, 0.2) is 0 Å². The highest BCUT2D eigenvalue weighted by molar-refractivity contribution is 5.60. The van der Waals surface area contributed by atoms with Crippen molar-refractivity contribution in [1.82, 2.24) is 10.1 Å². The van der Waals surface area contributed by atoms with Crippen molar-refractivity contribution in [3.63, 3.8) is 0 Å². The van der Waals surface area contributed by atoms with Crippen molar-refractivity contribution < 1.29 is 22.8 Å². The molecule has 1 aromatic heterocycles. The Labute approximate surface area is 116 Å². The third-order valence-corrected chi connectivity index (χ3v) is 2.73. The van der Waals surface area contributed by atoms with Gasteiger partial charge in [0.2, 0.25) is 5.82 Å². The number of phenols is 1. The molecule has 21 heavy (non-hydrogen) atoms. The molecule has 1 N–H and O–H groups in total. The molecule has 0 amide bonds. The van der Waals surface area contributed by atoms with Crippen molar-refractivity contribution in [2.24, 2.45) is 0 Å². The number of aromatic nitrogens is 2. The first-order chi connectivity index (χ1) is 10.0. The predicted octanol–water partition coefficient (Wildman–Crippen LogP) is 3.53. The number of benzene rings is 2. The molecule has 3 rings (SSSR count). The second-order valence-electron chi connectivity index (χ2n) is 4.25. The molecule has 0 aliphatic heterocycles. The van der Waals surface area contributed by atoms with Gasteiger partial charge in [-0.1, -0.05) is 5.16 Å². The van der Waals surface area contributed by atoms with Crippen LogP contribution in [0.25, 0.3) is 22.8 Å². The number of rotatable bonds is 2. The van der Waals surface area contributed by atoms with Gasteiger partial charge in [0.05, 0.1) is 5.56 Å². The first-order valence-electron chi connectivity index (χ1n) is 5.82. The minimum Gasteiger partial charge on any atom is -0.508 e. The fraction of sp³-hybridized carbons (Fsp3) is 0. The zero-order chi connectivity index (χ0) is 15.0. The standard InChI is InChI=1S/C14H7F3N2O2/c15-8-3-7(4-9(16)5-8)13-18-14(21-19-13)11-2-1-10(20)6-12(11)17/h1-6,20H. The van der Waals surface area contributed by atoms with Crippen LogP contribution in [0.5, 0.6) is 5.75 Å². The topological polar surface area (TPSA) is 59.2 Å². The summed E-state index contributed by atoms with van der Waals surface area (Å²) in [4.78, 5) is 3.89. The van der Waals surface area contributed by atoms with Crippen LogP contribution < -0.4 is 0 Å². The Balaban J connectivity index is 2.03. The Kier molecular flexibility index (Phi) is 3.09. The number of nitrogens with zero attached hydrogens (tertiary/aromatic N) is 2. The lowest BCUT2D eigenvalue weighted by molar-refractivity contribution is 0.428. The molecule has 0 bridgehead atoms. The molecule has 0 radical (unpaired) electrons. The molecule has 106 valence electrons. The van der Waals surface area contributed by atoms with Crippen molar-refractivity contribution in [1.29, 1.82) is 0 Å². The molecule has 0 atom stereocenters. The maximum absolute atomic E-state index is 13.7. The Morgan fingerprint density at radius 2 is 1.67 bits per heavy atom. The van der Waals surface area contributed by atoms with Crippen LogP contribution in [0.3, 0.4) is 0 Å². The lowest BCUT2D eigenvalue weighted by Gasteiger charge is -1.97. The van der Waals surface area contributed by atoms with Crippen molar-refractivity contribution in [2.45, 2.75) is 0 Å². The molecule has 3 aromatic rings. The summed E-state index contributed by atoms with van der Waals surface area (Å²) < 4.78 is 44.8. The Morgan fingerprint density at radius 1 is 0.952 bits per heavy atom. The number of halogens is 3. The maximum Gasteiger partial charge on any atom is 0.261 e. The highest BCUT2D eigenvalue weighted by Gasteiger charge is 2.15. The zero-order valence-electron chi connectivity index (χ0n) is 10.3. The summed E-state index contributed by atoms with van der Waals surface area (Å²) in [6.45, 7) is 0. The smallest absolute Gasteiger partial charge is 0.261 e. The van der Waals surface area contributed by atoms with Crippen LogP contribution in [0.4, 0.5) is 13.2 Å². The van der Waals surface area contributed by atoms with E-state index < -0.39 is 17.5 Å². The SMILES string of the molecule is Oc1ccc(-c2nc(-c3cc(F)cc(F)c3)no2)c(F)c1. The van der Waals surface area contributed by atoms with Gasteiger partial charge in [-0.2, -0.15) is 4.98 Å². The maximum atomic E-state index is 13.7. The van der Waals surface area contributed by atoms with Crippen molar-refractivity contribution in [3.8, 4) is 28.6 Å². The minimum absolute atomic E-state index is 0.0246. The van der Waals surface area contributed by atoms with Crippen LogP contribution in [0.1, 0.15) is 0 Å². The summed E-state index contributed by atoms with van der Waals surface area (Å²) >= 11 is 0. The monoisotopic (exact) mass is 292 g/mol. The van der Waals surface area contributed by atoms with E-state index in [1.807, 2.05) is 0 Å². The third-order valence-electron chi connectivity index (χ3n) is 2.73. The van der Waals surface area contributed by atoms with E-state index in [2.05, 4.69) is 10.1 Å². The second kappa shape index (κ2) is 4.93. The van der Waals surface area contributed by atoms with Gasteiger partial charge in [-0.15, -0.1) is 0 Å². The second-order valence-corrected chi connectivity index (χ2v) is 4.25. The number of phenolic OH excluding ortho intramolecular Hbond substituents is 1. The normalized spacial score (nSPS) is 10.8. The van der Waals surface area contributed by atoms with Crippen molar-refractivity contribution in [2.75, 3.05) is 0 Å². The summed E-state index contributed by atoms with van der Waals surface area (Å²) in [7, 11) is 0. The fourth-order valence-electron chi connectivity index (χ4n) is 1.81. The number of hydrogen-bond acceptors (Lipinski definition) is 4. The molecule has 2 aromatic carbocycles.